The van der Waals surface area contributed by atoms with Crippen molar-refractivity contribution in [1.29, 1.82) is 0 Å². The molecule has 112 valence electrons. The molecule has 0 spiro atoms. The number of likely N-dealkylation sites (tertiary alicyclic amines) is 1. The SMILES string of the molecule is O=C(O)[C@@H]1C[C@H]2CCCC[C@@H]2N1C(=O)Nc1ccccc1. The van der Waals surface area contributed by atoms with Crippen LogP contribution in [0.1, 0.15) is 32.1 Å². The van der Waals surface area contributed by atoms with E-state index in [4.69, 9.17) is 0 Å². The van der Waals surface area contributed by atoms with Crippen LogP contribution in [0.4, 0.5) is 10.5 Å². The minimum Gasteiger partial charge on any atom is -0.480 e. The second-order valence-electron chi connectivity index (χ2n) is 5.91. The average molecular weight is 288 g/mol. The normalized spacial score (nSPS) is 28.0. The molecule has 0 radical (unpaired) electrons. The summed E-state index contributed by atoms with van der Waals surface area (Å²) in [4.78, 5) is 25.6. The summed E-state index contributed by atoms with van der Waals surface area (Å²) in [6.07, 6.45) is 4.74. The van der Waals surface area contributed by atoms with Gasteiger partial charge in [0.1, 0.15) is 6.04 Å². The second-order valence-corrected chi connectivity index (χ2v) is 5.91. The van der Waals surface area contributed by atoms with Crippen molar-refractivity contribution in [2.45, 2.75) is 44.2 Å². The maximum absolute atomic E-state index is 12.5. The smallest absolute Gasteiger partial charge is 0.326 e. The number of carboxylic acids is 1. The van der Waals surface area contributed by atoms with E-state index in [0.29, 0.717) is 18.0 Å². The minimum absolute atomic E-state index is 0.0727. The van der Waals surface area contributed by atoms with Gasteiger partial charge in [-0.05, 0) is 37.3 Å². The zero-order chi connectivity index (χ0) is 14.8. The predicted octanol–water partition coefficient (Wildman–Crippen LogP) is 2.94. The fraction of sp³-hybridized carbons (Fsp3) is 0.500. The fourth-order valence-corrected chi connectivity index (χ4v) is 3.68. The largest absolute Gasteiger partial charge is 0.480 e. The molecule has 1 aromatic rings. The molecule has 0 unspecified atom stereocenters. The van der Waals surface area contributed by atoms with Crippen LogP contribution in [0.3, 0.4) is 0 Å². The van der Waals surface area contributed by atoms with E-state index in [-0.39, 0.29) is 12.1 Å². The molecule has 1 aliphatic heterocycles. The maximum atomic E-state index is 12.5. The molecule has 2 fully saturated rings. The van der Waals surface area contributed by atoms with Gasteiger partial charge in [0.15, 0.2) is 0 Å². The summed E-state index contributed by atoms with van der Waals surface area (Å²) < 4.78 is 0. The van der Waals surface area contributed by atoms with Crippen molar-refractivity contribution in [2.24, 2.45) is 5.92 Å². The topological polar surface area (TPSA) is 69.6 Å². The summed E-state index contributed by atoms with van der Waals surface area (Å²) in [6, 6.07) is 8.27. The van der Waals surface area contributed by atoms with Gasteiger partial charge in [0.25, 0.3) is 0 Å². The number of benzene rings is 1. The van der Waals surface area contributed by atoms with Crippen molar-refractivity contribution in [3.8, 4) is 0 Å². The Labute approximate surface area is 123 Å². The molecule has 1 aromatic carbocycles. The Morgan fingerprint density at radius 2 is 1.86 bits per heavy atom. The first kappa shape index (κ1) is 13.9. The third-order valence-electron chi connectivity index (χ3n) is 4.63. The van der Waals surface area contributed by atoms with E-state index in [2.05, 4.69) is 5.32 Å². The summed E-state index contributed by atoms with van der Waals surface area (Å²) in [5.74, 6) is -0.561. The summed E-state index contributed by atoms with van der Waals surface area (Å²) >= 11 is 0. The first-order valence-electron chi connectivity index (χ1n) is 7.54. The highest BCUT2D eigenvalue weighted by Crippen LogP contribution is 2.40. The highest BCUT2D eigenvalue weighted by atomic mass is 16.4. The fourth-order valence-electron chi connectivity index (χ4n) is 3.68. The van der Waals surface area contributed by atoms with Crippen molar-refractivity contribution in [3.05, 3.63) is 30.3 Å². The van der Waals surface area contributed by atoms with E-state index in [1.165, 1.54) is 0 Å². The van der Waals surface area contributed by atoms with Crippen LogP contribution >= 0.6 is 0 Å². The lowest BCUT2D eigenvalue weighted by Crippen LogP contribution is -2.48. The molecule has 5 nitrogen and oxygen atoms in total. The number of carbonyl (C=O) groups excluding carboxylic acids is 1. The Morgan fingerprint density at radius 3 is 2.57 bits per heavy atom. The van der Waals surface area contributed by atoms with Crippen LogP contribution in [0.5, 0.6) is 0 Å². The van der Waals surface area contributed by atoms with Crippen molar-refractivity contribution in [1.82, 2.24) is 4.90 Å². The predicted molar refractivity (Wildman–Crippen MR) is 79.1 cm³/mol. The van der Waals surface area contributed by atoms with Gasteiger partial charge < -0.3 is 15.3 Å². The van der Waals surface area contributed by atoms with Gasteiger partial charge in [-0.1, -0.05) is 31.0 Å². The molecular weight excluding hydrogens is 268 g/mol. The van der Waals surface area contributed by atoms with E-state index in [1.807, 2.05) is 30.3 Å². The molecule has 0 aromatic heterocycles. The Kier molecular flexibility index (Phi) is 3.82. The second kappa shape index (κ2) is 5.76. The minimum atomic E-state index is -0.896. The monoisotopic (exact) mass is 288 g/mol. The van der Waals surface area contributed by atoms with Crippen molar-refractivity contribution in [3.63, 3.8) is 0 Å². The molecule has 2 N–H and O–H groups in total. The zero-order valence-corrected chi connectivity index (χ0v) is 11.9. The Bertz CT molecular complexity index is 532. The number of rotatable bonds is 2. The van der Waals surface area contributed by atoms with Gasteiger partial charge in [-0.3, -0.25) is 0 Å². The van der Waals surface area contributed by atoms with E-state index in [9.17, 15) is 14.7 Å². The Morgan fingerprint density at radius 1 is 1.14 bits per heavy atom. The number of anilines is 1. The van der Waals surface area contributed by atoms with Gasteiger partial charge in [0.05, 0.1) is 0 Å². The molecule has 0 bridgehead atoms. The number of fused-ring (bicyclic) bond motifs is 1. The molecule has 1 saturated heterocycles. The molecular formula is C16H20N2O3. The summed E-state index contributed by atoms with van der Waals surface area (Å²) in [5.41, 5.74) is 0.700. The number of amides is 2. The molecule has 3 atom stereocenters. The molecule has 21 heavy (non-hydrogen) atoms. The number of hydrogen-bond acceptors (Lipinski definition) is 2. The maximum Gasteiger partial charge on any atom is 0.326 e. The lowest BCUT2D eigenvalue weighted by atomic mass is 9.85. The van der Waals surface area contributed by atoms with Gasteiger partial charge in [-0.15, -0.1) is 0 Å². The molecule has 2 aliphatic rings. The van der Waals surface area contributed by atoms with Crippen LogP contribution in [0.15, 0.2) is 30.3 Å². The van der Waals surface area contributed by atoms with Gasteiger partial charge in [0.2, 0.25) is 0 Å². The first-order valence-corrected chi connectivity index (χ1v) is 7.54. The number of para-hydroxylation sites is 1. The number of nitrogens with zero attached hydrogens (tertiary/aromatic N) is 1. The van der Waals surface area contributed by atoms with E-state index < -0.39 is 12.0 Å². The van der Waals surface area contributed by atoms with Crippen LogP contribution in [0.25, 0.3) is 0 Å². The molecule has 2 amide bonds. The van der Waals surface area contributed by atoms with Gasteiger partial charge in [-0.2, -0.15) is 0 Å². The number of hydrogen-bond donors (Lipinski definition) is 2. The number of carbonyl (C=O) groups is 2. The lowest BCUT2D eigenvalue weighted by Gasteiger charge is -2.32. The van der Waals surface area contributed by atoms with Crippen LogP contribution in [-0.4, -0.2) is 34.1 Å². The average Bonchev–Trinajstić information content (AvgIpc) is 2.88. The van der Waals surface area contributed by atoms with Crippen molar-refractivity contribution in [2.75, 3.05) is 5.32 Å². The van der Waals surface area contributed by atoms with Gasteiger partial charge >= 0.3 is 12.0 Å². The van der Waals surface area contributed by atoms with E-state index in [0.717, 1.165) is 25.7 Å². The Hall–Kier alpha value is -2.04. The highest BCUT2D eigenvalue weighted by Gasteiger charge is 2.47. The van der Waals surface area contributed by atoms with Crippen LogP contribution in [-0.2, 0) is 4.79 Å². The van der Waals surface area contributed by atoms with Crippen molar-refractivity contribution >= 4 is 17.7 Å². The summed E-state index contributed by atoms with van der Waals surface area (Å²) in [6.45, 7) is 0. The standard InChI is InChI=1S/C16H20N2O3/c19-15(20)14-10-11-6-4-5-9-13(11)18(14)16(21)17-12-7-2-1-3-8-12/h1-3,7-8,11,13-14H,4-6,9-10H2,(H,17,21)(H,19,20)/t11-,13+,14+/m1/s1. The number of aliphatic carboxylic acids is 1. The zero-order valence-electron chi connectivity index (χ0n) is 11.9. The molecule has 1 aliphatic carbocycles. The highest BCUT2D eigenvalue weighted by molar-refractivity contribution is 5.93. The number of urea groups is 1. The molecule has 3 rings (SSSR count). The van der Waals surface area contributed by atoms with Gasteiger partial charge in [0, 0.05) is 11.7 Å². The first-order chi connectivity index (χ1) is 10.2. The third kappa shape index (κ3) is 2.73. The van der Waals surface area contributed by atoms with E-state index >= 15 is 0 Å². The van der Waals surface area contributed by atoms with Crippen LogP contribution < -0.4 is 5.32 Å². The third-order valence-corrected chi connectivity index (χ3v) is 4.63. The van der Waals surface area contributed by atoms with Crippen LogP contribution in [0.2, 0.25) is 0 Å². The van der Waals surface area contributed by atoms with Gasteiger partial charge in [-0.25, -0.2) is 9.59 Å². The molecule has 1 saturated carbocycles. The number of carboxylic acid groups (broad SMARTS) is 1. The number of nitrogens with one attached hydrogen (secondary N) is 1. The Balaban J connectivity index is 1.79. The summed E-state index contributed by atoms with van der Waals surface area (Å²) in [5, 5.41) is 12.2. The van der Waals surface area contributed by atoms with E-state index in [1.54, 1.807) is 4.90 Å². The summed E-state index contributed by atoms with van der Waals surface area (Å²) in [7, 11) is 0. The lowest BCUT2D eigenvalue weighted by molar-refractivity contribution is -0.141. The molecule has 5 heteroatoms. The van der Waals surface area contributed by atoms with Crippen molar-refractivity contribution < 1.29 is 14.7 Å². The van der Waals surface area contributed by atoms with Crippen LogP contribution in [0, 0.1) is 5.92 Å². The quantitative estimate of drug-likeness (QED) is 0.879. The molecule has 1 heterocycles.